The Hall–Kier alpha value is -2.17. The molecular weight excluding hydrogens is 305 g/mol. The number of aryl methyl sites for hydroxylation is 1. The zero-order valence-electron chi connectivity index (χ0n) is 14.0. The van der Waals surface area contributed by atoms with Gasteiger partial charge in [0.25, 0.3) is 0 Å². The molecule has 0 saturated carbocycles. The first-order chi connectivity index (χ1) is 11.6. The molecule has 0 unspecified atom stereocenters. The van der Waals surface area contributed by atoms with Crippen LogP contribution in [0.15, 0.2) is 29.8 Å². The van der Waals surface area contributed by atoms with Gasteiger partial charge in [0.05, 0.1) is 11.0 Å². The van der Waals surface area contributed by atoms with Gasteiger partial charge in [-0.2, -0.15) is 0 Å². The molecule has 5 heteroatoms. The molecule has 126 valence electrons. The Bertz CT molecular complexity index is 815. The van der Waals surface area contributed by atoms with Gasteiger partial charge in [-0.05, 0) is 57.2 Å². The molecule has 1 aliphatic carbocycles. The lowest BCUT2D eigenvalue weighted by Gasteiger charge is -2.33. The van der Waals surface area contributed by atoms with E-state index in [0.717, 1.165) is 67.6 Å². The summed E-state index contributed by atoms with van der Waals surface area (Å²) in [7, 11) is 0. The molecule has 0 radical (unpaired) electrons. The van der Waals surface area contributed by atoms with Gasteiger partial charge in [-0.15, -0.1) is 0 Å². The maximum absolute atomic E-state index is 13.6. The van der Waals surface area contributed by atoms with Gasteiger partial charge < -0.3 is 9.47 Å². The van der Waals surface area contributed by atoms with Crippen molar-refractivity contribution in [2.45, 2.75) is 45.1 Å². The van der Waals surface area contributed by atoms with Gasteiger partial charge >= 0.3 is 0 Å². The first-order valence-corrected chi connectivity index (χ1v) is 8.76. The monoisotopic (exact) mass is 327 g/mol. The molecule has 1 amide bonds. The van der Waals surface area contributed by atoms with Gasteiger partial charge in [-0.25, -0.2) is 9.37 Å². The van der Waals surface area contributed by atoms with Crippen molar-refractivity contribution in [1.82, 2.24) is 14.5 Å². The minimum Gasteiger partial charge on any atom is -0.339 e. The number of carbonyl (C=O) groups excluding carboxylic acids is 1. The van der Waals surface area contributed by atoms with E-state index in [-0.39, 0.29) is 17.8 Å². The fourth-order valence-electron chi connectivity index (χ4n) is 4.04. The van der Waals surface area contributed by atoms with E-state index in [2.05, 4.69) is 15.6 Å². The molecule has 1 saturated heterocycles. The quantitative estimate of drug-likeness (QED) is 0.842. The zero-order valence-corrected chi connectivity index (χ0v) is 14.0. The van der Waals surface area contributed by atoms with Crippen LogP contribution in [0, 0.1) is 12.7 Å². The number of hydrogen-bond donors (Lipinski definition) is 0. The van der Waals surface area contributed by atoms with Crippen LogP contribution in [0.4, 0.5) is 4.39 Å². The minimum atomic E-state index is -0.232. The maximum Gasteiger partial charge on any atom is 0.249 e. The number of fused-ring (bicyclic) bond motifs is 1. The third-order valence-electron chi connectivity index (χ3n) is 5.26. The van der Waals surface area contributed by atoms with Gasteiger partial charge in [-0.3, -0.25) is 4.79 Å². The van der Waals surface area contributed by atoms with Crippen LogP contribution in [-0.4, -0.2) is 33.4 Å². The lowest BCUT2D eigenvalue weighted by molar-refractivity contribution is -0.128. The Labute approximate surface area is 141 Å². The van der Waals surface area contributed by atoms with E-state index in [1.54, 1.807) is 12.1 Å². The number of piperidine rings is 1. The third kappa shape index (κ3) is 2.62. The standard InChI is InChI=1S/C19H22FN3O/c1-13-21-17-7-6-15(20)12-18(17)23(13)16-8-10-22(11-9-16)19(24)14-4-2-3-5-14/h4,6-7,12,16H,2-3,5,8-11H2,1H3. The van der Waals surface area contributed by atoms with Crippen LogP contribution in [0.3, 0.4) is 0 Å². The number of imidazole rings is 1. The number of allylic oxidation sites excluding steroid dienone is 1. The second-order valence-corrected chi connectivity index (χ2v) is 6.81. The van der Waals surface area contributed by atoms with Crippen molar-refractivity contribution in [1.29, 1.82) is 0 Å². The van der Waals surface area contributed by atoms with E-state index in [0.29, 0.717) is 0 Å². The molecule has 24 heavy (non-hydrogen) atoms. The summed E-state index contributed by atoms with van der Waals surface area (Å²) < 4.78 is 15.8. The van der Waals surface area contributed by atoms with Crippen LogP contribution >= 0.6 is 0 Å². The number of rotatable bonds is 2. The van der Waals surface area contributed by atoms with Crippen molar-refractivity contribution in [3.63, 3.8) is 0 Å². The summed E-state index contributed by atoms with van der Waals surface area (Å²) in [5.41, 5.74) is 2.68. The predicted octanol–water partition coefficient (Wildman–Crippen LogP) is 3.76. The normalized spacial score (nSPS) is 19.1. The minimum absolute atomic E-state index is 0.212. The molecule has 2 aromatic rings. The van der Waals surface area contributed by atoms with Gasteiger partial charge in [-0.1, -0.05) is 6.08 Å². The Kier molecular flexibility index (Phi) is 3.87. The summed E-state index contributed by atoms with van der Waals surface area (Å²) in [6, 6.07) is 5.03. The molecule has 1 fully saturated rings. The second kappa shape index (κ2) is 6.04. The van der Waals surface area contributed by atoms with Crippen LogP contribution in [0.25, 0.3) is 11.0 Å². The summed E-state index contributed by atoms with van der Waals surface area (Å²) in [4.78, 5) is 19.0. The van der Waals surface area contributed by atoms with E-state index in [1.165, 1.54) is 6.07 Å². The van der Waals surface area contributed by atoms with E-state index in [4.69, 9.17) is 0 Å². The summed E-state index contributed by atoms with van der Waals surface area (Å²) >= 11 is 0. The highest BCUT2D eigenvalue weighted by Gasteiger charge is 2.27. The van der Waals surface area contributed by atoms with Gasteiger partial charge in [0.15, 0.2) is 0 Å². The third-order valence-corrected chi connectivity index (χ3v) is 5.26. The average Bonchev–Trinajstić information content (AvgIpc) is 3.21. The van der Waals surface area contributed by atoms with Crippen molar-refractivity contribution in [2.24, 2.45) is 0 Å². The average molecular weight is 327 g/mol. The first-order valence-electron chi connectivity index (χ1n) is 8.76. The molecule has 0 N–H and O–H groups in total. The van der Waals surface area contributed by atoms with Crippen molar-refractivity contribution in [3.8, 4) is 0 Å². The fraction of sp³-hybridized carbons (Fsp3) is 0.474. The number of aromatic nitrogens is 2. The fourth-order valence-corrected chi connectivity index (χ4v) is 4.04. The SMILES string of the molecule is Cc1nc2ccc(F)cc2n1C1CCN(C(=O)C2=CCCC2)CC1. The Morgan fingerprint density at radius 3 is 2.79 bits per heavy atom. The second-order valence-electron chi connectivity index (χ2n) is 6.81. The first kappa shape index (κ1) is 15.4. The van der Waals surface area contributed by atoms with Crippen molar-refractivity contribution in [3.05, 3.63) is 41.5 Å². The van der Waals surface area contributed by atoms with Crippen LogP contribution < -0.4 is 0 Å². The molecule has 1 aliphatic heterocycles. The number of carbonyl (C=O) groups is 1. The van der Waals surface area contributed by atoms with Gasteiger partial charge in [0, 0.05) is 24.7 Å². The molecule has 0 spiro atoms. The molecule has 0 atom stereocenters. The summed E-state index contributed by atoms with van der Waals surface area (Å²) in [6.07, 6.45) is 6.92. The Balaban J connectivity index is 1.53. The molecule has 2 heterocycles. The van der Waals surface area contributed by atoms with Crippen molar-refractivity contribution >= 4 is 16.9 Å². The molecule has 4 rings (SSSR count). The topological polar surface area (TPSA) is 38.1 Å². The van der Waals surface area contributed by atoms with Crippen LogP contribution in [0.5, 0.6) is 0 Å². The number of nitrogens with zero attached hydrogens (tertiary/aromatic N) is 3. The molecular formula is C19H22FN3O. The van der Waals surface area contributed by atoms with Gasteiger partial charge in [0.1, 0.15) is 11.6 Å². The molecule has 1 aromatic heterocycles. The zero-order chi connectivity index (χ0) is 16.7. The highest BCUT2D eigenvalue weighted by atomic mass is 19.1. The summed E-state index contributed by atoms with van der Waals surface area (Å²) in [6.45, 7) is 3.49. The van der Waals surface area contributed by atoms with Crippen LogP contribution in [-0.2, 0) is 4.79 Å². The summed E-state index contributed by atoms with van der Waals surface area (Å²) in [5, 5.41) is 0. The van der Waals surface area contributed by atoms with Crippen LogP contribution in [0.2, 0.25) is 0 Å². The molecule has 2 aliphatic rings. The van der Waals surface area contributed by atoms with E-state index in [9.17, 15) is 9.18 Å². The van der Waals surface area contributed by atoms with E-state index in [1.807, 2.05) is 11.8 Å². The number of amides is 1. The van der Waals surface area contributed by atoms with Crippen LogP contribution in [0.1, 0.15) is 44.0 Å². The number of likely N-dealkylation sites (tertiary alicyclic amines) is 1. The van der Waals surface area contributed by atoms with E-state index >= 15 is 0 Å². The predicted molar refractivity (Wildman–Crippen MR) is 91.2 cm³/mol. The van der Waals surface area contributed by atoms with Crippen molar-refractivity contribution in [2.75, 3.05) is 13.1 Å². The Morgan fingerprint density at radius 1 is 1.29 bits per heavy atom. The largest absolute Gasteiger partial charge is 0.339 e. The lowest BCUT2D eigenvalue weighted by atomic mass is 10.0. The number of halogens is 1. The molecule has 0 bridgehead atoms. The Morgan fingerprint density at radius 2 is 2.08 bits per heavy atom. The smallest absolute Gasteiger partial charge is 0.249 e. The maximum atomic E-state index is 13.6. The number of hydrogen-bond acceptors (Lipinski definition) is 2. The molecule has 1 aromatic carbocycles. The van der Waals surface area contributed by atoms with Crippen molar-refractivity contribution < 1.29 is 9.18 Å². The van der Waals surface area contributed by atoms with E-state index < -0.39 is 0 Å². The lowest BCUT2D eigenvalue weighted by Crippen LogP contribution is -2.39. The summed E-state index contributed by atoms with van der Waals surface area (Å²) in [5.74, 6) is 0.896. The van der Waals surface area contributed by atoms with Gasteiger partial charge in [0.2, 0.25) is 5.91 Å². The highest BCUT2D eigenvalue weighted by Crippen LogP contribution is 2.30. The molecule has 4 nitrogen and oxygen atoms in total. The highest BCUT2D eigenvalue weighted by molar-refractivity contribution is 5.93. The number of benzene rings is 1.